The molecule has 0 saturated carbocycles. The average molecular weight is 444 g/mol. The number of benzene rings is 2. The summed E-state index contributed by atoms with van der Waals surface area (Å²) in [5.74, 6) is 0.203. The Hall–Kier alpha value is -2.23. The largest absolute Gasteiger partial charge is 0.352 e. The molecule has 0 heterocycles. The molecule has 0 amide bonds. The number of hydrogen-bond acceptors (Lipinski definition) is 3. The minimum Gasteiger partial charge on any atom is -0.352 e. The summed E-state index contributed by atoms with van der Waals surface area (Å²) in [7, 11) is 1.60. The highest BCUT2D eigenvalue weighted by molar-refractivity contribution is 14.0. The molecule has 0 unspecified atom stereocenters. The second kappa shape index (κ2) is 9.81. The minimum absolute atomic E-state index is 0. The van der Waals surface area contributed by atoms with Gasteiger partial charge >= 0.3 is 0 Å². The van der Waals surface area contributed by atoms with E-state index in [4.69, 9.17) is 0 Å². The van der Waals surface area contributed by atoms with Gasteiger partial charge in [0.05, 0.1) is 4.92 Å². The molecule has 0 aliphatic rings. The Bertz CT molecular complexity index is 725. The van der Waals surface area contributed by atoms with Crippen molar-refractivity contribution in [1.82, 2.24) is 10.6 Å². The Morgan fingerprint density at radius 2 is 1.88 bits per heavy atom. The van der Waals surface area contributed by atoms with E-state index >= 15 is 0 Å². The maximum absolute atomic E-state index is 13.6. The lowest BCUT2D eigenvalue weighted by Crippen LogP contribution is -2.36. The van der Waals surface area contributed by atoms with Crippen LogP contribution in [0.25, 0.3) is 0 Å². The van der Waals surface area contributed by atoms with Crippen LogP contribution in [0.15, 0.2) is 53.5 Å². The van der Waals surface area contributed by atoms with Crippen LogP contribution in [0.1, 0.15) is 11.1 Å². The number of aliphatic imine (C=N–C) groups is 1. The standard InChI is InChI=1S/C16H17FN4O2.HI/c1-18-16(20-11-13-6-2-3-8-15(13)17)19-10-12-5-4-7-14(9-12)21(22)23;/h2-9H,10-11H2,1H3,(H2,18,19,20);1H. The lowest BCUT2D eigenvalue weighted by molar-refractivity contribution is -0.384. The number of nitrogens with zero attached hydrogens (tertiary/aromatic N) is 2. The summed E-state index contributed by atoms with van der Waals surface area (Å²) in [6.07, 6.45) is 0. The monoisotopic (exact) mass is 444 g/mol. The number of nitrogens with one attached hydrogen (secondary N) is 2. The third-order valence-corrected chi connectivity index (χ3v) is 3.21. The summed E-state index contributed by atoms with van der Waals surface area (Å²) >= 11 is 0. The molecule has 24 heavy (non-hydrogen) atoms. The number of halogens is 2. The molecule has 6 nitrogen and oxygen atoms in total. The van der Waals surface area contributed by atoms with E-state index < -0.39 is 4.92 Å². The first-order chi connectivity index (χ1) is 11.1. The van der Waals surface area contributed by atoms with Gasteiger partial charge in [0.25, 0.3) is 5.69 Å². The van der Waals surface area contributed by atoms with E-state index in [-0.39, 0.29) is 35.5 Å². The van der Waals surface area contributed by atoms with Crippen LogP contribution in [0.5, 0.6) is 0 Å². The normalized spacial score (nSPS) is 10.7. The zero-order chi connectivity index (χ0) is 16.7. The van der Waals surface area contributed by atoms with E-state index in [0.717, 1.165) is 5.56 Å². The lowest BCUT2D eigenvalue weighted by atomic mass is 10.2. The van der Waals surface area contributed by atoms with Gasteiger partial charge in [-0.05, 0) is 11.6 Å². The maximum Gasteiger partial charge on any atom is 0.269 e. The van der Waals surface area contributed by atoms with Crippen LogP contribution in [0.2, 0.25) is 0 Å². The first-order valence-electron chi connectivity index (χ1n) is 7.01. The van der Waals surface area contributed by atoms with E-state index in [1.54, 1.807) is 37.4 Å². The predicted octanol–water partition coefficient (Wildman–Crippen LogP) is 3.22. The topological polar surface area (TPSA) is 79.6 Å². The van der Waals surface area contributed by atoms with Crippen molar-refractivity contribution in [2.24, 2.45) is 4.99 Å². The van der Waals surface area contributed by atoms with Gasteiger partial charge in [0, 0.05) is 37.8 Å². The fraction of sp³-hybridized carbons (Fsp3) is 0.188. The second-order valence-corrected chi connectivity index (χ2v) is 4.80. The van der Waals surface area contributed by atoms with Crippen molar-refractivity contribution in [3.63, 3.8) is 0 Å². The van der Waals surface area contributed by atoms with Gasteiger partial charge < -0.3 is 10.6 Å². The molecule has 8 heteroatoms. The zero-order valence-electron chi connectivity index (χ0n) is 13.0. The molecule has 0 fully saturated rings. The number of nitro benzene ring substituents is 1. The van der Waals surface area contributed by atoms with Gasteiger partial charge in [-0.1, -0.05) is 30.3 Å². The Morgan fingerprint density at radius 3 is 2.54 bits per heavy atom. The lowest BCUT2D eigenvalue weighted by Gasteiger charge is -2.12. The van der Waals surface area contributed by atoms with Crippen molar-refractivity contribution in [3.8, 4) is 0 Å². The van der Waals surface area contributed by atoms with E-state index in [0.29, 0.717) is 24.6 Å². The minimum atomic E-state index is -0.436. The number of hydrogen-bond donors (Lipinski definition) is 2. The summed E-state index contributed by atoms with van der Waals surface area (Å²) < 4.78 is 13.6. The van der Waals surface area contributed by atoms with Gasteiger partial charge in [-0.25, -0.2) is 4.39 Å². The van der Waals surface area contributed by atoms with Crippen molar-refractivity contribution in [2.45, 2.75) is 13.1 Å². The van der Waals surface area contributed by atoms with Crippen LogP contribution < -0.4 is 10.6 Å². The highest BCUT2D eigenvalue weighted by Crippen LogP contribution is 2.12. The molecule has 2 aromatic rings. The zero-order valence-corrected chi connectivity index (χ0v) is 15.4. The average Bonchev–Trinajstić information content (AvgIpc) is 2.56. The van der Waals surface area contributed by atoms with E-state index in [1.807, 2.05) is 0 Å². The molecule has 0 aliphatic carbocycles. The number of nitro groups is 1. The Balaban J connectivity index is 0.00000288. The van der Waals surface area contributed by atoms with Crippen LogP contribution in [0, 0.1) is 15.9 Å². The maximum atomic E-state index is 13.6. The molecule has 0 saturated heterocycles. The molecule has 128 valence electrons. The predicted molar refractivity (Wildman–Crippen MR) is 102 cm³/mol. The Kier molecular flexibility index (Phi) is 8.10. The molecule has 0 spiro atoms. The van der Waals surface area contributed by atoms with Crippen molar-refractivity contribution in [1.29, 1.82) is 0 Å². The summed E-state index contributed by atoms with van der Waals surface area (Å²) in [6, 6.07) is 12.8. The molecule has 2 aromatic carbocycles. The highest BCUT2D eigenvalue weighted by Gasteiger charge is 2.06. The van der Waals surface area contributed by atoms with Crippen molar-refractivity contribution in [2.75, 3.05) is 7.05 Å². The molecule has 2 rings (SSSR count). The quantitative estimate of drug-likeness (QED) is 0.244. The highest BCUT2D eigenvalue weighted by atomic mass is 127. The van der Waals surface area contributed by atoms with Crippen molar-refractivity contribution in [3.05, 3.63) is 75.6 Å². The van der Waals surface area contributed by atoms with Gasteiger partial charge in [-0.3, -0.25) is 15.1 Å². The van der Waals surface area contributed by atoms with Gasteiger partial charge in [-0.2, -0.15) is 0 Å². The fourth-order valence-electron chi connectivity index (χ4n) is 2.01. The smallest absolute Gasteiger partial charge is 0.269 e. The summed E-state index contributed by atoms with van der Waals surface area (Å²) in [4.78, 5) is 14.4. The van der Waals surface area contributed by atoms with Crippen LogP contribution in [-0.2, 0) is 13.1 Å². The Labute approximate surface area is 156 Å². The molecule has 0 bridgehead atoms. The third-order valence-electron chi connectivity index (χ3n) is 3.21. The fourth-order valence-corrected chi connectivity index (χ4v) is 2.01. The number of non-ortho nitro benzene ring substituents is 1. The first-order valence-corrected chi connectivity index (χ1v) is 7.01. The second-order valence-electron chi connectivity index (χ2n) is 4.80. The van der Waals surface area contributed by atoms with Crippen LogP contribution >= 0.6 is 24.0 Å². The summed E-state index contributed by atoms with van der Waals surface area (Å²) in [6.45, 7) is 0.667. The van der Waals surface area contributed by atoms with Gasteiger partial charge in [0.2, 0.25) is 0 Å². The molecular formula is C16H18FIN4O2. The summed E-state index contributed by atoms with van der Waals surface area (Å²) in [5, 5.41) is 16.8. The van der Waals surface area contributed by atoms with E-state index in [2.05, 4.69) is 15.6 Å². The first kappa shape index (κ1) is 19.8. The molecular weight excluding hydrogens is 426 g/mol. The molecule has 0 aliphatic heterocycles. The van der Waals surface area contributed by atoms with Crippen molar-refractivity contribution >= 4 is 35.6 Å². The molecule has 2 N–H and O–H groups in total. The van der Waals surface area contributed by atoms with Crippen LogP contribution in [0.4, 0.5) is 10.1 Å². The summed E-state index contributed by atoms with van der Waals surface area (Å²) in [5.41, 5.74) is 1.33. The van der Waals surface area contributed by atoms with E-state index in [9.17, 15) is 14.5 Å². The number of rotatable bonds is 5. The molecule has 0 aromatic heterocycles. The third kappa shape index (κ3) is 5.76. The van der Waals surface area contributed by atoms with Crippen LogP contribution in [0.3, 0.4) is 0 Å². The number of guanidine groups is 1. The Morgan fingerprint density at radius 1 is 1.17 bits per heavy atom. The molecule has 0 atom stereocenters. The van der Waals surface area contributed by atoms with Gasteiger partial charge in [-0.15, -0.1) is 24.0 Å². The van der Waals surface area contributed by atoms with Gasteiger partial charge in [0.15, 0.2) is 5.96 Å². The molecule has 0 radical (unpaired) electrons. The van der Waals surface area contributed by atoms with Crippen LogP contribution in [-0.4, -0.2) is 17.9 Å². The SMILES string of the molecule is CN=C(NCc1cccc([N+](=O)[O-])c1)NCc1ccccc1F.I. The van der Waals surface area contributed by atoms with Gasteiger partial charge in [0.1, 0.15) is 5.82 Å². The van der Waals surface area contributed by atoms with Crippen molar-refractivity contribution < 1.29 is 9.31 Å². The van der Waals surface area contributed by atoms with E-state index in [1.165, 1.54) is 18.2 Å².